The van der Waals surface area contributed by atoms with E-state index < -0.39 is 34.2 Å². The van der Waals surface area contributed by atoms with Crippen molar-refractivity contribution in [2.75, 3.05) is 12.3 Å². The van der Waals surface area contributed by atoms with Gasteiger partial charge in [-0.25, -0.2) is 13.5 Å². The Labute approximate surface area is 152 Å². The number of ether oxygens (including phenoxy) is 2. The smallest absolute Gasteiger partial charge is 0.452 e. The van der Waals surface area contributed by atoms with E-state index in [0.717, 1.165) is 6.07 Å². The van der Waals surface area contributed by atoms with Gasteiger partial charge in [-0.2, -0.15) is 0 Å². The van der Waals surface area contributed by atoms with E-state index in [1.807, 2.05) is 0 Å². The van der Waals surface area contributed by atoms with Crippen LogP contribution in [0.15, 0.2) is 53.4 Å². The number of nitrogens with zero attached hydrogens (tertiary/aromatic N) is 1. The van der Waals surface area contributed by atoms with E-state index in [1.54, 1.807) is 0 Å². The molecule has 0 spiro atoms. The fraction of sp³-hybridized carbons (Fsp3) is 0.188. The monoisotopic (exact) mass is 405 g/mol. The SMILES string of the molecule is O=CN(O)CCS(=O)(=O)c1ccccc1Oc1ccccc1OC(F)(F)F. The lowest BCUT2D eigenvalue weighted by Crippen LogP contribution is -2.25. The van der Waals surface area contributed by atoms with E-state index in [2.05, 4.69) is 4.74 Å². The summed E-state index contributed by atoms with van der Waals surface area (Å²) in [4.78, 5) is 10.1. The van der Waals surface area contributed by atoms with E-state index in [9.17, 15) is 26.4 Å². The Morgan fingerprint density at radius 2 is 1.56 bits per heavy atom. The molecular weight excluding hydrogens is 391 g/mol. The number of sulfone groups is 1. The molecule has 1 amide bonds. The number of alkyl halides is 3. The second-order valence-corrected chi connectivity index (χ2v) is 7.21. The van der Waals surface area contributed by atoms with Crippen molar-refractivity contribution in [1.29, 1.82) is 0 Å². The van der Waals surface area contributed by atoms with E-state index >= 15 is 0 Å². The van der Waals surface area contributed by atoms with Crippen LogP contribution in [0.3, 0.4) is 0 Å². The Kier molecular flexibility index (Phi) is 6.28. The first-order valence-electron chi connectivity index (χ1n) is 7.37. The third kappa shape index (κ3) is 5.86. The minimum atomic E-state index is -4.95. The quantitative estimate of drug-likeness (QED) is 0.412. The zero-order valence-corrected chi connectivity index (χ0v) is 14.4. The number of carbonyl (C=O) groups is 1. The van der Waals surface area contributed by atoms with Gasteiger partial charge in [0.25, 0.3) is 0 Å². The third-order valence-corrected chi connectivity index (χ3v) is 4.92. The molecule has 0 aliphatic carbocycles. The Morgan fingerprint density at radius 1 is 1.00 bits per heavy atom. The average Bonchev–Trinajstić information content (AvgIpc) is 2.60. The summed E-state index contributed by atoms with van der Waals surface area (Å²) in [5.74, 6) is -1.83. The molecule has 7 nitrogen and oxygen atoms in total. The molecule has 0 radical (unpaired) electrons. The molecule has 0 unspecified atom stereocenters. The molecule has 0 saturated heterocycles. The van der Waals surface area contributed by atoms with Gasteiger partial charge in [-0.3, -0.25) is 10.0 Å². The van der Waals surface area contributed by atoms with Gasteiger partial charge >= 0.3 is 6.36 Å². The molecular formula is C16H14F3NO6S. The Hall–Kier alpha value is -2.79. The van der Waals surface area contributed by atoms with Gasteiger partial charge in [-0.15, -0.1) is 13.2 Å². The number of carbonyl (C=O) groups excluding carboxylic acids is 1. The van der Waals surface area contributed by atoms with Gasteiger partial charge in [0.05, 0.1) is 12.3 Å². The average molecular weight is 405 g/mol. The van der Waals surface area contributed by atoms with Crippen LogP contribution in [0.25, 0.3) is 0 Å². The van der Waals surface area contributed by atoms with Gasteiger partial charge in [-0.1, -0.05) is 24.3 Å². The topological polar surface area (TPSA) is 93.1 Å². The summed E-state index contributed by atoms with van der Waals surface area (Å²) in [5, 5.41) is 9.22. The molecule has 2 aromatic rings. The summed E-state index contributed by atoms with van der Waals surface area (Å²) in [7, 11) is -4.01. The standard InChI is InChI=1S/C16H14F3NO6S/c17-16(18,19)26-13-6-2-1-5-12(13)25-14-7-3-4-8-15(14)27(23,24)10-9-20(22)11-21/h1-8,11,22H,9-10H2. The van der Waals surface area contributed by atoms with Crippen LogP contribution in [0.5, 0.6) is 17.2 Å². The molecule has 0 aliphatic rings. The maximum absolute atomic E-state index is 12.5. The zero-order valence-electron chi connectivity index (χ0n) is 13.6. The summed E-state index contributed by atoms with van der Waals surface area (Å²) in [6.45, 7) is -0.492. The summed E-state index contributed by atoms with van der Waals surface area (Å²) in [6, 6.07) is 10.2. The largest absolute Gasteiger partial charge is 0.573 e. The van der Waals surface area contributed by atoms with Crippen LogP contribution in [0.1, 0.15) is 0 Å². The maximum Gasteiger partial charge on any atom is 0.573 e. The Balaban J connectivity index is 2.33. The fourth-order valence-electron chi connectivity index (χ4n) is 2.03. The summed E-state index contributed by atoms with van der Waals surface area (Å²) in [5.41, 5.74) is 0. The van der Waals surface area contributed by atoms with Crippen LogP contribution >= 0.6 is 0 Å². The predicted molar refractivity (Wildman–Crippen MR) is 86.3 cm³/mol. The molecule has 2 rings (SSSR count). The molecule has 11 heteroatoms. The number of benzene rings is 2. The van der Waals surface area contributed by atoms with Crippen LogP contribution < -0.4 is 9.47 Å². The van der Waals surface area contributed by atoms with Gasteiger partial charge in [0.2, 0.25) is 6.41 Å². The molecule has 0 heterocycles. The van der Waals surface area contributed by atoms with Gasteiger partial charge in [-0.05, 0) is 24.3 Å². The van der Waals surface area contributed by atoms with E-state index in [-0.39, 0.29) is 27.9 Å². The number of rotatable bonds is 8. The van der Waals surface area contributed by atoms with Crippen molar-refractivity contribution in [1.82, 2.24) is 5.06 Å². The van der Waals surface area contributed by atoms with Crippen molar-refractivity contribution in [3.8, 4) is 17.2 Å². The Morgan fingerprint density at radius 3 is 2.15 bits per heavy atom. The second-order valence-electron chi connectivity index (χ2n) is 5.13. The van der Waals surface area contributed by atoms with Crippen molar-refractivity contribution in [2.45, 2.75) is 11.3 Å². The summed E-state index contributed by atoms with van der Waals surface area (Å²) in [6.07, 6.45) is -4.91. The van der Waals surface area contributed by atoms with Gasteiger partial charge in [0.15, 0.2) is 21.3 Å². The molecule has 27 heavy (non-hydrogen) atoms. The molecule has 1 N–H and O–H groups in total. The number of hydrogen-bond acceptors (Lipinski definition) is 6. The van der Waals surface area contributed by atoms with E-state index in [4.69, 9.17) is 9.94 Å². The normalized spacial score (nSPS) is 11.7. The van der Waals surface area contributed by atoms with Gasteiger partial charge in [0, 0.05) is 0 Å². The minimum absolute atomic E-state index is 0.0443. The first-order chi connectivity index (χ1) is 12.6. The lowest BCUT2D eigenvalue weighted by atomic mass is 10.3. The Bertz CT molecular complexity index is 901. The number of para-hydroxylation sites is 3. The van der Waals surface area contributed by atoms with Crippen LogP contribution in [-0.4, -0.2) is 43.8 Å². The third-order valence-electron chi connectivity index (χ3n) is 3.19. The van der Waals surface area contributed by atoms with E-state index in [1.165, 1.54) is 42.5 Å². The van der Waals surface area contributed by atoms with Gasteiger partial charge < -0.3 is 9.47 Å². The highest BCUT2D eigenvalue weighted by Gasteiger charge is 2.32. The van der Waals surface area contributed by atoms with Crippen LogP contribution in [0, 0.1) is 0 Å². The van der Waals surface area contributed by atoms with Gasteiger partial charge in [0.1, 0.15) is 10.6 Å². The molecule has 0 fully saturated rings. The summed E-state index contributed by atoms with van der Waals surface area (Å²) >= 11 is 0. The van der Waals surface area contributed by atoms with Crippen LogP contribution in [-0.2, 0) is 14.6 Å². The lowest BCUT2D eigenvalue weighted by molar-refractivity contribution is -0.275. The lowest BCUT2D eigenvalue weighted by Gasteiger charge is -2.16. The number of hydrogen-bond donors (Lipinski definition) is 1. The summed E-state index contributed by atoms with van der Waals surface area (Å²) < 4.78 is 71.6. The fourth-order valence-corrected chi connectivity index (χ4v) is 3.38. The number of amides is 1. The highest BCUT2D eigenvalue weighted by Crippen LogP contribution is 2.37. The molecule has 146 valence electrons. The number of hydroxylamine groups is 2. The molecule has 0 atom stereocenters. The first kappa shape index (κ1) is 20.5. The van der Waals surface area contributed by atoms with Crippen molar-refractivity contribution in [3.05, 3.63) is 48.5 Å². The second kappa shape index (κ2) is 8.27. The molecule has 0 aliphatic heterocycles. The molecule has 0 saturated carbocycles. The van der Waals surface area contributed by atoms with Crippen molar-refractivity contribution in [2.24, 2.45) is 0 Å². The zero-order chi connectivity index (χ0) is 20.1. The molecule has 2 aromatic carbocycles. The van der Waals surface area contributed by atoms with Crippen LogP contribution in [0.4, 0.5) is 13.2 Å². The number of halogens is 3. The van der Waals surface area contributed by atoms with Crippen LogP contribution in [0.2, 0.25) is 0 Å². The highest BCUT2D eigenvalue weighted by atomic mass is 32.2. The minimum Gasteiger partial charge on any atom is -0.452 e. The van der Waals surface area contributed by atoms with Crippen molar-refractivity contribution >= 4 is 16.2 Å². The first-order valence-corrected chi connectivity index (χ1v) is 9.03. The highest BCUT2D eigenvalue weighted by molar-refractivity contribution is 7.91. The maximum atomic E-state index is 12.5. The van der Waals surface area contributed by atoms with Crippen molar-refractivity contribution < 1.29 is 41.1 Å². The van der Waals surface area contributed by atoms with E-state index in [0.29, 0.717) is 0 Å². The predicted octanol–water partition coefficient (Wildman–Crippen LogP) is 3.00. The molecule has 0 bridgehead atoms. The van der Waals surface area contributed by atoms with Crippen molar-refractivity contribution in [3.63, 3.8) is 0 Å². The molecule has 0 aromatic heterocycles.